The van der Waals surface area contributed by atoms with Gasteiger partial charge in [-0.05, 0) is 26.8 Å². The van der Waals surface area contributed by atoms with Gasteiger partial charge in [-0.15, -0.1) is 0 Å². The second-order valence-corrected chi connectivity index (χ2v) is 5.14. The minimum atomic E-state index is -0.677. The summed E-state index contributed by atoms with van der Waals surface area (Å²) in [4.78, 5) is 11.5. The molecule has 2 heterocycles. The van der Waals surface area contributed by atoms with E-state index in [2.05, 4.69) is 0 Å². The predicted molar refractivity (Wildman–Crippen MR) is 59.7 cm³/mol. The van der Waals surface area contributed by atoms with Gasteiger partial charge in [-0.3, -0.25) is 0 Å². The van der Waals surface area contributed by atoms with Crippen LogP contribution in [0.4, 0.5) is 4.79 Å². The number of rotatable bonds is 2. The van der Waals surface area contributed by atoms with Gasteiger partial charge in [-0.25, -0.2) is 4.79 Å². The Morgan fingerprint density at radius 1 is 1.35 bits per heavy atom. The molecule has 96 valence electrons. The summed E-state index contributed by atoms with van der Waals surface area (Å²) in [5.41, 5.74) is -0.554. The van der Waals surface area contributed by atoms with E-state index in [-0.39, 0.29) is 12.2 Å². The first-order chi connectivity index (χ1) is 7.96. The Labute approximate surface area is 101 Å². The zero-order valence-corrected chi connectivity index (χ0v) is 10.3. The predicted octanol–water partition coefficient (Wildman–Crippen LogP) is 1.66. The fraction of sp³-hybridized carbons (Fsp3) is 0.750. The Morgan fingerprint density at radius 2 is 2.06 bits per heavy atom. The maximum absolute atomic E-state index is 11.5. The van der Waals surface area contributed by atoms with E-state index in [9.17, 15) is 4.79 Å². The fourth-order valence-electron chi connectivity index (χ4n) is 1.62. The lowest BCUT2D eigenvalue weighted by atomic mass is 10.1. The number of hydrogen-bond acceptors (Lipinski definition) is 5. The van der Waals surface area contributed by atoms with Crippen LogP contribution in [0.15, 0.2) is 12.2 Å². The lowest BCUT2D eigenvalue weighted by Crippen LogP contribution is -2.40. The molecule has 0 N–H and O–H groups in total. The van der Waals surface area contributed by atoms with Gasteiger partial charge >= 0.3 is 6.16 Å². The zero-order valence-electron chi connectivity index (χ0n) is 10.3. The summed E-state index contributed by atoms with van der Waals surface area (Å²) >= 11 is 0. The van der Waals surface area contributed by atoms with Crippen LogP contribution < -0.4 is 0 Å². The van der Waals surface area contributed by atoms with Crippen molar-refractivity contribution in [1.82, 2.24) is 0 Å². The molecule has 0 saturated carbocycles. The van der Waals surface area contributed by atoms with Crippen LogP contribution in [0.5, 0.6) is 0 Å². The van der Waals surface area contributed by atoms with Crippen molar-refractivity contribution < 1.29 is 23.7 Å². The van der Waals surface area contributed by atoms with Crippen LogP contribution in [-0.4, -0.2) is 43.3 Å². The van der Waals surface area contributed by atoms with Crippen molar-refractivity contribution in [3.05, 3.63) is 12.2 Å². The minimum Gasteiger partial charge on any atom is -0.429 e. The first-order valence-electron chi connectivity index (χ1n) is 5.75. The van der Waals surface area contributed by atoms with Gasteiger partial charge in [0.1, 0.15) is 17.8 Å². The van der Waals surface area contributed by atoms with E-state index >= 15 is 0 Å². The third-order valence-electron chi connectivity index (χ3n) is 2.38. The molecule has 2 aliphatic rings. The second kappa shape index (κ2) is 4.66. The highest BCUT2D eigenvalue weighted by Gasteiger charge is 2.41. The first-order valence-corrected chi connectivity index (χ1v) is 5.75. The topological polar surface area (TPSA) is 57.3 Å². The largest absolute Gasteiger partial charge is 0.509 e. The van der Waals surface area contributed by atoms with Gasteiger partial charge < -0.3 is 18.9 Å². The van der Waals surface area contributed by atoms with Gasteiger partial charge in [-0.2, -0.15) is 0 Å². The normalized spacial score (nSPS) is 32.1. The quantitative estimate of drug-likeness (QED) is 0.419. The molecule has 0 bridgehead atoms. The van der Waals surface area contributed by atoms with Gasteiger partial charge in [0.05, 0.1) is 13.2 Å². The van der Waals surface area contributed by atoms with Gasteiger partial charge in [-0.1, -0.05) is 6.08 Å². The molecule has 0 aromatic carbocycles. The molecule has 0 spiro atoms. The number of hydrogen-bond donors (Lipinski definition) is 0. The Kier molecular flexibility index (Phi) is 3.40. The number of epoxide rings is 1. The van der Waals surface area contributed by atoms with E-state index in [0.29, 0.717) is 13.2 Å². The van der Waals surface area contributed by atoms with Crippen molar-refractivity contribution in [2.75, 3.05) is 13.2 Å². The molecule has 1 saturated heterocycles. The van der Waals surface area contributed by atoms with Crippen molar-refractivity contribution in [2.45, 2.75) is 44.7 Å². The summed E-state index contributed by atoms with van der Waals surface area (Å²) in [5, 5.41) is 0. The lowest BCUT2D eigenvalue weighted by Gasteiger charge is -2.27. The molecule has 1 fully saturated rings. The third-order valence-corrected chi connectivity index (χ3v) is 2.38. The third kappa shape index (κ3) is 3.71. The summed E-state index contributed by atoms with van der Waals surface area (Å²) in [7, 11) is 0. The lowest BCUT2D eigenvalue weighted by molar-refractivity contribution is -0.0722. The Hall–Kier alpha value is -1.07. The first kappa shape index (κ1) is 12.4. The van der Waals surface area contributed by atoms with E-state index in [0.717, 1.165) is 0 Å². The van der Waals surface area contributed by atoms with E-state index in [4.69, 9.17) is 18.9 Å². The van der Waals surface area contributed by atoms with E-state index in [1.54, 1.807) is 20.8 Å². The van der Waals surface area contributed by atoms with Crippen LogP contribution in [0, 0.1) is 0 Å². The highest BCUT2D eigenvalue weighted by Crippen LogP contribution is 2.25. The average molecular weight is 242 g/mol. The van der Waals surface area contributed by atoms with Gasteiger partial charge in [0.2, 0.25) is 0 Å². The summed E-state index contributed by atoms with van der Waals surface area (Å²) in [6, 6.07) is 0. The Balaban J connectivity index is 1.89. The van der Waals surface area contributed by atoms with Crippen LogP contribution in [0.2, 0.25) is 0 Å². The SMILES string of the molecule is CC(C)(C)OC(=O)O[C@@H]1C=CCO[C@@H]1[C@H]1CO1. The van der Waals surface area contributed by atoms with Crippen LogP contribution in [0.1, 0.15) is 20.8 Å². The van der Waals surface area contributed by atoms with Crippen LogP contribution in [0.25, 0.3) is 0 Å². The molecule has 0 aliphatic carbocycles. The number of carbonyl (C=O) groups is 1. The van der Waals surface area contributed by atoms with Crippen molar-refractivity contribution in [1.29, 1.82) is 0 Å². The molecule has 3 atom stereocenters. The molecule has 0 amide bonds. The summed E-state index contributed by atoms with van der Waals surface area (Å²) < 4.78 is 21.0. The minimum absolute atomic E-state index is 0.0346. The molecule has 0 radical (unpaired) electrons. The van der Waals surface area contributed by atoms with E-state index < -0.39 is 17.9 Å². The van der Waals surface area contributed by atoms with Crippen molar-refractivity contribution in [3.8, 4) is 0 Å². The van der Waals surface area contributed by atoms with Crippen molar-refractivity contribution in [2.24, 2.45) is 0 Å². The summed E-state index contributed by atoms with van der Waals surface area (Å²) in [5.74, 6) is 0. The number of ether oxygens (including phenoxy) is 4. The molecule has 0 unspecified atom stereocenters. The molecular formula is C12H18O5. The molecule has 17 heavy (non-hydrogen) atoms. The van der Waals surface area contributed by atoms with E-state index in [1.165, 1.54) is 0 Å². The van der Waals surface area contributed by atoms with Crippen LogP contribution >= 0.6 is 0 Å². The molecule has 2 rings (SSSR count). The fourth-order valence-corrected chi connectivity index (χ4v) is 1.62. The van der Waals surface area contributed by atoms with Gasteiger partial charge in [0.15, 0.2) is 6.10 Å². The van der Waals surface area contributed by atoms with E-state index in [1.807, 2.05) is 12.2 Å². The van der Waals surface area contributed by atoms with Crippen molar-refractivity contribution >= 4 is 6.16 Å². The molecular weight excluding hydrogens is 224 g/mol. The van der Waals surface area contributed by atoms with Crippen molar-refractivity contribution in [3.63, 3.8) is 0 Å². The molecule has 5 heteroatoms. The summed E-state index contributed by atoms with van der Waals surface area (Å²) in [6.45, 7) is 6.57. The highest BCUT2D eigenvalue weighted by atomic mass is 16.7. The molecule has 0 aromatic heterocycles. The monoisotopic (exact) mass is 242 g/mol. The zero-order chi connectivity index (χ0) is 12.5. The van der Waals surface area contributed by atoms with Crippen LogP contribution in [-0.2, 0) is 18.9 Å². The van der Waals surface area contributed by atoms with Gasteiger partial charge in [0.25, 0.3) is 0 Å². The maximum atomic E-state index is 11.5. The van der Waals surface area contributed by atoms with Crippen LogP contribution in [0.3, 0.4) is 0 Å². The smallest absolute Gasteiger partial charge is 0.429 e. The Morgan fingerprint density at radius 3 is 2.65 bits per heavy atom. The second-order valence-electron chi connectivity index (χ2n) is 5.14. The number of carbonyl (C=O) groups excluding carboxylic acids is 1. The highest BCUT2D eigenvalue weighted by molar-refractivity contribution is 5.61. The average Bonchev–Trinajstić information content (AvgIpc) is 2.98. The molecule has 5 nitrogen and oxygen atoms in total. The molecule has 0 aromatic rings. The standard InChI is InChI=1S/C12H18O5/c1-12(2,3)17-11(13)16-8-5-4-6-14-10(8)9-7-15-9/h4-5,8-10H,6-7H2,1-3H3/t8-,9-,10+/m1/s1. The summed E-state index contributed by atoms with van der Waals surface area (Å²) in [6.07, 6.45) is 2.36. The molecule has 2 aliphatic heterocycles. The maximum Gasteiger partial charge on any atom is 0.509 e. The Bertz CT molecular complexity index is 313. The van der Waals surface area contributed by atoms with Gasteiger partial charge in [0, 0.05) is 0 Å².